The zero-order chi connectivity index (χ0) is 23.8. The molecule has 1 aliphatic heterocycles. The molecule has 6 nitrogen and oxygen atoms in total. The summed E-state index contributed by atoms with van der Waals surface area (Å²) >= 11 is 1.74. The standard InChI is InChI=1S/C26H36N2O4S/c1-5-11-27(15-21(29)17-31-19(2)3)16-26(30)28-12-9-25-23(10-13-33-25)24(28)18-32-22-8-6-7-20(4)14-22/h5-8,10,13-14,19,21,24,29H,1,9,11-12,15-18H2,2-4H3/t21-,24-/m0/s1. The Balaban J connectivity index is 1.68. The Morgan fingerprint density at radius 1 is 1.39 bits per heavy atom. The van der Waals surface area contributed by atoms with Crippen LogP contribution in [0.5, 0.6) is 5.75 Å². The van der Waals surface area contributed by atoms with Crippen LogP contribution in [0.15, 0.2) is 48.4 Å². The van der Waals surface area contributed by atoms with Gasteiger partial charge in [0, 0.05) is 24.5 Å². The van der Waals surface area contributed by atoms with E-state index in [1.165, 1.54) is 10.4 Å². The van der Waals surface area contributed by atoms with Gasteiger partial charge in [0.2, 0.25) is 5.91 Å². The number of aliphatic hydroxyl groups is 1. The highest BCUT2D eigenvalue weighted by Gasteiger charge is 2.33. The summed E-state index contributed by atoms with van der Waals surface area (Å²) < 4.78 is 11.6. The van der Waals surface area contributed by atoms with Crippen molar-refractivity contribution in [1.82, 2.24) is 9.80 Å². The van der Waals surface area contributed by atoms with E-state index in [4.69, 9.17) is 9.47 Å². The smallest absolute Gasteiger partial charge is 0.237 e. The first-order valence-electron chi connectivity index (χ1n) is 11.6. The number of benzene rings is 1. The van der Waals surface area contributed by atoms with E-state index in [0.717, 1.165) is 17.7 Å². The van der Waals surface area contributed by atoms with Crippen LogP contribution in [0.4, 0.5) is 0 Å². The molecule has 2 atom stereocenters. The van der Waals surface area contributed by atoms with Crippen molar-refractivity contribution in [2.24, 2.45) is 0 Å². The molecule has 0 radical (unpaired) electrons. The number of carbonyl (C=O) groups excluding carboxylic acids is 1. The molecule has 1 aromatic carbocycles. The lowest BCUT2D eigenvalue weighted by molar-refractivity contribution is -0.136. The number of amides is 1. The third kappa shape index (κ3) is 7.40. The van der Waals surface area contributed by atoms with Gasteiger partial charge in [-0.1, -0.05) is 18.2 Å². The monoisotopic (exact) mass is 472 g/mol. The predicted octanol–water partition coefficient (Wildman–Crippen LogP) is 3.84. The SMILES string of the molecule is C=CCN(CC(=O)N1CCc2sccc2[C@@H]1COc1cccc(C)c1)C[C@H](O)COC(C)C. The third-order valence-corrected chi connectivity index (χ3v) is 6.65. The van der Waals surface area contributed by atoms with Crippen LogP contribution in [0.1, 0.15) is 35.9 Å². The molecule has 0 saturated heterocycles. The van der Waals surface area contributed by atoms with Crippen molar-refractivity contribution >= 4 is 17.2 Å². The van der Waals surface area contributed by atoms with Crippen molar-refractivity contribution in [3.63, 3.8) is 0 Å². The molecule has 3 rings (SSSR count). The molecular weight excluding hydrogens is 436 g/mol. The van der Waals surface area contributed by atoms with Gasteiger partial charge in [0.1, 0.15) is 12.4 Å². The number of carbonyl (C=O) groups is 1. The number of ether oxygens (including phenoxy) is 2. The maximum absolute atomic E-state index is 13.4. The number of thiophene rings is 1. The van der Waals surface area contributed by atoms with Crippen molar-refractivity contribution in [2.45, 2.75) is 45.4 Å². The van der Waals surface area contributed by atoms with Crippen LogP contribution in [-0.2, 0) is 16.0 Å². The molecule has 1 aliphatic rings. The summed E-state index contributed by atoms with van der Waals surface area (Å²) in [6.07, 6.45) is 2.00. The van der Waals surface area contributed by atoms with E-state index < -0.39 is 6.10 Å². The van der Waals surface area contributed by atoms with Gasteiger partial charge in [-0.15, -0.1) is 17.9 Å². The van der Waals surface area contributed by atoms with Crippen LogP contribution in [0.3, 0.4) is 0 Å². The van der Waals surface area contributed by atoms with Crippen molar-refractivity contribution in [2.75, 3.05) is 39.4 Å². The molecule has 1 aromatic heterocycles. The summed E-state index contributed by atoms with van der Waals surface area (Å²) in [4.78, 5) is 18.6. The van der Waals surface area contributed by atoms with Crippen molar-refractivity contribution in [3.05, 3.63) is 64.4 Å². The van der Waals surface area contributed by atoms with Crippen molar-refractivity contribution < 1.29 is 19.4 Å². The lowest BCUT2D eigenvalue weighted by Gasteiger charge is -2.37. The minimum Gasteiger partial charge on any atom is -0.491 e. The Morgan fingerprint density at radius 3 is 2.94 bits per heavy atom. The molecule has 2 heterocycles. The summed E-state index contributed by atoms with van der Waals surface area (Å²) in [6, 6.07) is 9.95. The summed E-state index contributed by atoms with van der Waals surface area (Å²) in [5.74, 6) is 0.842. The summed E-state index contributed by atoms with van der Waals surface area (Å²) in [6.45, 7) is 12.1. The van der Waals surface area contributed by atoms with E-state index in [0.29, 0.717) is 26.2 Å². The van der Waals surface area contributed by atoms with Crippen LogP contribution in [0.2, 0.25) is 0 Å². The molecule has 1 amide bonds. The quantitative estimate of drug-likeness (QED) is 0.476. The number of aliphatic hydroxyl groups excluding tert-OH is 1. The van der Waals surface area contributed by atoms with Gasteiger partial charge in [-0.05, 0) is 61.9 Å². The fourth-order valence-corrected chi connectivity index (χ4v) is 5.01. The van der Waals surface area contributed by atoms with Gasteiger partial charge >= 0.3 is 0 Å². The van der Waals surface area contributed by atoms with Gasteiger partial charge in [0.05, 0.1) is 31.4 Å². The van der Waals surface area contributed by atoms with Crippen LogP contribution in [-0.4, -0.2) is 72.4 Å². The third-order valence-electron chi connectivity index (χ3n) is 5.65. The normalized spacial score (nSPS) is 16.7. The Bertz CT molecular complexity index is 913. The molecule has 0 bridgehead atoms. The summed E-state index contributed by atoms with van der Waals surface area (Å²) in [5.41, 5.74) is 2.31. The molecule has 33 heavy (non-hydrogen) atoms. The average molecular weight is 473 g/mol. The maximum Gasteiger partial charge on any atom is 0.237 e. The number of hydrogen-bond acceptors (Lipinski definition) is 6. The molecule has 1 N–H and O–H groups in total. The first-order chi connectivity index (χ1) is 15.9. The number of fused-ring (bicyclic) bond motifs is 1. The van der Waals surface area contributed by atoms with Crippen LogP contribution < -0.4 is 4.74 Å². The first-order valence-corrected chi connectivity index (χ1v) is 12.4. The first kappa shape index (κ1) is 25.4. The molecule has 0 fully saturated rings. The van der Waals surface area contributed by atoms with Gasteiger partial charge in [-0.2, -0.15) is 0 Å². The zero-order valence-electron chi connectivity index (χ0n) is 19.9. The second kappa shape index (κ2) is 12.3. The van der Waals surface area contributed by atoms with E-state index in [1.54, 1.807) is 17.4 Å². The number of nitrogens with zero attached hydrogens (tertiary/aromatic N) is 2. The van der Waals surface area contributed by atoms with Crippen molar-refractivity contribution in [3.8, 4) is 5.75 Å². The largest absolute Gasteiger partial charge is 0.491 e. The average Bonchev–Trinajstić information content (AvgIpc) is 3.25. The predicted molar refractivity (Wildman–Crippen MR) is 133 cm³/mol. The molecule has 0 aliphatic carbocycles. The molecular formula is C26H36N2O4S. The highest BCUT2D eigenvalue weighted by atomic mass is 32.1. The number of aryl methyl sites for hydroxylation is 1. The summed E-state index contributed by atoms with van der Waals surface area (Å²) in [5, 5.41) is 12.5. The Hall–Kier alpha value is -2.19. The Morgan fingerprint density at radius 2 is 2.21 bits per heavy atom. The minimum absolute atomic E-state index is 0.0310. The number of hydrogen-bond donors (Lipinski definition) is 1. The van der Waals surface area contributed by atoms with E-state index in [-0.39, 0.29) is 31.2 Å². The second-order valence-corrected chi connectivity index (χ2v) is 9.80. The fraction of sp³-hybridized carbons (Fsp3) is 0.500. The second-order valence-electron chi connectivity index (χ2n) is 8.80. The molecule has 2 aromatic rings. The number of rotatable bonds is 12. The highest BCUT2D eigenvalue weighted by molar-refractivity contribution is 7.10. The molecule has 0 unspecified atom stereocenters. The molecule has 180 valence electrons. The fourth-order valence-electron chi connectivity index (χ4n) is 4.08. The van der Waals surface area contributed by atoms with Gasteiger partial charge in [-0.3, -0.25) is 9.69 Å². The van der Waals surface area contributed by atoms with Crippen molar-refractivity contribution in [1.29, 1.82) is 0 Å². The van der Waals surface area contributed by atoms with Crippen LogP contribution >= 0.6 is 11.3 Å². The zero-order valence-corrected chi connectivity index (χ0v) is 20.7. The highest BCUT2D eigenvalue weighted by Crippen LogP contribution is 2.34. The lowest BCUT2D eigenvalue weighted by atomic mass is 10.0. The lowest BCUT2D eigenvalue weighted by Crippen LogP contribution is -2.48. The molecule has 0 saturated carbocycles. The minimum atomic E-state index is -0.662. The Kier molecular flexibility index (Phi) is 9.50. The van der Waals surface area contributed by atoms with Crippen LogP contribution in [0.25, 0.3) is 0 Å². The topological polar surface area (TPSA) is 62.2 Å². The van der Waals surface area contributed by atoms with E-state index in [2.05, 4.69) is 18.0 Å². The van der Waals surface area contributed by atoms with Gasteiger partial charge in [0.15, 0.2) is 0 Å². The maximum atomic E-state index is 13.4. The Labute approximate surface area is 201 Å². The summed E-state index contributed by atoms with van der Waals surface area (Å²) in [7, 11) is 0. The van der Waals surface area contributed by atoms with Crippen LogP contribution in [0, 0.1) is 6.92 Å². The van der Waals surface area contributed by atoms with Gasteiger partial charge in [-0.25, -0.2) is 0 Å². The van der Waals surface area contributed by atoms with E-state index in [9.17, 15) is 9.90 Å². The van der Waals surface area contributed by atoms with E-state index in [1.807, 2.05) is 54.8 Å². The molecule has 7 heteroatoms. The van der Waals surface area contributed by atoms with Gasteiger partial charge < -0.3 is 19.5 Å². The van der Waals surface area contributed by atoms with Gasteiger partial charge in [0.25, 0.3) is 0 Å². The van der Waals surface area contributed by atoms with E-state index >= 15 is 0 Å². The molecule has 0 spiro atoms.